The standard InChI is InChI=1S/C16H13F2NO2S/c17-16(18)22-14-8-4-2-6-11(14)19-15(20)13-9-10-5-1-3-7-12(10)21-13/h1-8,13,16H,9H2,(H,19,20). The van der Waals surface area contributed by atoms with Crippen molar-refractivity contribution in [3.8, 4) is 5.75 Å². The highest BCUT2D eigenvalue weighted by Crippen LogP contribution is 2.33. The van der Waals surface area contributed by atoms with Crippen LogP contribution >= 0.6 is 11.8 Å². The molecule has 1 atom stereocenters. The minimum Gasteiger partial charge on any atom is -0.480 e. The summed E-state index contributed by atoms with van der Waals surface area (Å²) in [6.07, 6.45) is -0.159. The summed E-state index contributed by atoms with van der Waals surface area (Å²) in [5, 5.41) is 2.67. The molecular weight excluding hydrogens is 308 g/mol. The highest BCUT2D eigenvalue weighted by atomic mass is 32.2. The van der Waals surface area contributed by atoms with Crippen molar-refractivity contribution in [2.45, 2.75) is 23.2 Å². The molecule has 1 aliphatic rings. The van der Waals surface area contributed by atoms with Gasteiger partial charge in [-0.25, -0.2) is 0 Å². The molecule has 1 heterocycles. The van der Waals surface area contributed by atoms with E-state index in [0.29, 0.717) is 34.5 Å². The summed E-state index contributed by atoms with van der Waals surface area (Å²) in [6.45, 7) is 0. The number of halogens is 2. The van der Waals surface area contributed by atoms with Gasteiger partial charge in [-0.05, 0) is 23.8 Å². The van der Waals surface area contributed by atoms with Gasteiger partial charge in [0.25, 0.3) is 11.7 Å². The SMILES string of the molecule is O=C(Nc1ccccc1SC(F)F)C1Cc2ccccc2O1. The van der Waals surface area contributed by atoms with Crippen LogP contribution in [0.3, 0.4) is 0 Å². The van der Waals surface area contributed by atoms with Crippen LogP contribution in [0.2, 0.25) is 0 Å². The Morgan fingerprint density at radius 3 is 2.68 bits per heavy atom. The molecule has 2 aromatic rings. The highest BCUT2D eigenvalue weighted by Gasteiger charge is 2.29. The van der Waals surface area contributed by atoms with E-state index in [9.17, 15) is 13.6 Å². The lowest BCUT2D eigenvalue weighted by molar-refractivity contribution is -0.122. The van der Waals surface area contributed by atoms with Crippen molar-refractivity contribution in [1.82, 2.24) is 0 Å². The molecule has 0 aliphatic carbocycles. The smallest absolute Gasteiger partial charge is 0.288 e. The fourth-order valence-corrected chi connectivity index (χ4v) is 2.91. The third kappa shape index (κ3) is 3.22. The molecule has 3 rings (SSSR count). The van der Waals surface area contributed by atoms with Crippen LogP contribution in [-0.4, -0.2) is 17.8 Å². The van der Waals surface area contributed by atoms with Gasteiger partial charge < -0.3 is 10.1 Å². The van der Waals surface area contributed by atoms with Crippen LogP contribution in [0.1, 0.15) is 5.56 Å². The average molecular weight is 321 g/mol. The third-order valence-corrected chi connectivity index (χ3v) is 4.09. The third-order valence-electron chi connectivity index (χ3n) is 3.30. The van der Waals surface area contributed by atoms with Crippen molar-refractivity contribution in [3.05, 3.63) is 54.1 Å². The number of hydrogen-bond acceptors (Lipinski definition) is 3. The van der Waals surface area contributed by atoms with Gasteiger partial charge in [-0.15, -0.1) is 0 Å². The number of rotatable bonds is 4. The van der Waals surface area contributed by atoms with Gasteiger partial charge in [-0.3, -0.25) is 4.79 Å². The number of fused-ring (bicyclic) bond motifs is 1. The second kappa shape index (κ2) is 6.36. The highest BCUT2D eigenvalue weighted by molar-refractivity contribution is 7.99. The molecule has 0 fully saturated rings. The minimum atomic E-state index is -2.54. The van der Waals surface area contributed by atoms with E-state index >= 15 is 0 Å². The van der Waals surface area contributed by atoms with E-state index in [1.165, 1.54) is 0 Å². The fraction of sp³-hybridized carbons (Fsp3) is 0.188. The van der Waals surface area contributed by atoms with Crippen LogP contribution in [-0.2, 0) is 11.2 Å². The monoisotopic (exact) mass is 321 g/mol. The molecule has 2 aromatic carbocycles. The lowest BCUT2D eigenvalue weighted by atomic mass is 10.1. The van der Waals surface area contributed by atoms with Crippen LogP contribution in [0.4, 0.5) is 14.5 Å². The molecule has 0 radical (unpaired) electrons. The van der Waals surface area contributed by atoms with Crippen LogP contribution < -0.4 is 10.1 Å². The Labute approximate surface area is 130 Å². The molecule has 0 bridgehead atoms. The first kappa shape index (κ1) is 14.8. The van der Waals surface area contributed by atoms with Crippen LogP contribution in [0, 0.1) is 0 Å². The topological polar surface area (TPSA) is 38.3 Å². The Balaban J connectivity index is 1.71. The van der Waals surface area contributed by atoms with Gasteiger partial charge in [0, 0.05) is 11.3 Å². The molecule has 1 amide bonds. The number of thioether (sulfide) groups is 1. The molecule has 6 heteroatoms. The zero-order valence-corrected chi connectivity index (χ0v) is 12.3. The largest absolute Gasteiger partial charge is 0.480 e. The summed E-state index contributed by atoms with van der Waals surface area (Å²) in [6, 6.07) is 13.9. The van der Waals surface area contributed by atoms with Crippen LogP contribution in [0.15, 0.2) is 53.4 Å². The number of hydrogen-bond donors (Lipinski definition) is 1. The lowest BCUT2D eigenvalue weighted by Crippen LogP contribution is -2.31. The van der Waals surface area contributed by atoms with Gasteiger partial charge >= 0.3 is 0 Å². The van der Waals surface area contributed by atoms with Gasteiger partial charge in [0.05, 0.1) is 5.69 Å². The number of carbonyl (C=O) groups is 1. The Morgan fingerprint density at radius 1 is 1.18 bits per heavy atom. The lowest BCUT2D eigenvalue weighted by Gasteiger charge is -2.14. The quantitative estimate of drug-likeness (QED) is 0.867. The molecule has 1 unspecified atom stereocenters. The summed E-state index contributed by atoms with van der Waals surface area (Å²) in [5.41, 5.74) is 1.34. The van der Waals surface area contributed by atoms with Crippen molar-refractivity contribution >= 4 is 23.4 Å². The molecule has 22 heavy (non-hydrogen) atoms. The molecule has 0 aromatic heterocycles. The predicted molar refractivity (Wildman–Crippen MR) is 81.5 cm³/mol. The zero-order valence-electron chi connectivity index (χ0n) is 11.5. The second-order valence-electron chi connectivity index (χ2n) is 4.78. The van der Waals surface area contributed by atoms with Gasteiger partial charge in [-0.2, -0.15) is 8.78 Å². The number of carbonyl (C=O) groups excluding carboxylic acids is 1. The number of amides is 1. The molecule has 114 valence electrons. The van der Waals surface area contributed by atoms with Crippen molar-refractivity contribution in [2.24, 2.45) is 0 Å². The van der Waals surface area contributed by atoms with E-state index in [1.807, 2.05) is 24.3 Å². The summed E-state index contributed by atoms with van der Waals surface area (Å²) in [7, 11) is 0. The van der Waals surface area contributed by atoms with Gasteiger partial charge in [-0.1, -0.05) is 42.1 Å². The minimum absolute atomic E-state index is 0.335. The normalized spacial score (nSPS) is 16.2. The maximum Gasteiger partial charge on any atom is 0.288 e. The van der Waals surface area contributed by atoms with E-state index < -0.39 is 11.9 Å². The maximum atomic E-state index is 12.5. The van der Waals surface area contributed by atoms with Crippen LogP contribution in [0.5, 0.6) is 5.75 Å². The first-order valence-corrected chi connectivity index (χ1v) is 7.61. The van der Waals surface area contributed by atoms with E-state index in [4.69, 9.17) is 4.74 Å². The molecule has 0 spiro atoms. The van der Waals surface area contributed by atoms with Crippen molar-refractivity contribution in [1.29, 1.82) is 0 Å². The number of para-hydroxylation sites is 2. The van der Waals surface area contributed by atoms with Crippen molar-refractivity contribution in [3.63, 3.8) is 0 Å². The number of anilines is 1. The Morgan fingerprint density at radius 2 is 1.91 bits per heavy atom. The zero-order chi connectivity index (χ0) is 15.5. The first-order chi connectivity index (χ1) is 10.6. The van der Waals surface area contributed by atoms with Crippen molar-refractivity contribution < 1.29 is 18.3 Å². The van der Waals surface area contributed by atoms with E-state index in [-0.39, 0.29) is 5.91 Å². The molecular formula is C16H13F2NO2S. The van der Waals surface area contributed by atoms with E-state index in [2.05, 4.69) is 5.32 Å². The van der Waals surface area contributed by atoms with Gasteiger partial charge in [0.1, 0.15) is 5.75 Å². The summed E-state index contributed by atoms with van der Waals surface area (Å²) >= 11 is 0.408. The summed E-state index contributed by atoms with van der Waals surface area (Å²) < 4.78 is 30.7. The number of benzene rings is 2. The molecule has 3 nitrogen and oxygen atoms in total. The number of ether oxygens (including phenoxy) is 1. The summed E-state index contributed by atoms with van der Waals surface area (Å²) in [4.78, 5) is 12.6. The predicted octanol–water partition coefficient (Wildman–Crippen LogP) is 3.94. The first-order valence-electron chi connectivity index (χ1n) is 6.73. The van der Waals surface area contributed by atoms with Crippen LogP contribution in [0.25, 0.3) is 0 Å². The number of nitrogens with one attached hydrogen (secondary N) is 1. The van der Waals surface area contributed by atoms with Gasteiger partial charge in [0.2, 0.25) is 0 Å². The number of alkyl halides is 2. The molecule has 0 saturated carbocycles. The van der Waals surface area contributed by atoms with E-state index in [0.717, 1.165) is 5.56 Å². The fourth-order valence-electron chi connectivity index (χ4n) is 2.31. The van der Waals surface area contributed by atoms with Gasteiger partial charge in [0.15, 0.2) is 6.10 Å². The second-order valence-corrected chi connectivity index (χ2v) is 5.81. The maximum absolute atomic E-state index is 12.5. The Kier molecular flexibility index (Phi) is 4.29. The molecule has 1 N–H and O–H groups in total. The Hall–Kier alpha value is -2.08. The van der Waals surface area contributed by atoms with Crippen molar-refractivity contribution in [2.75, 3.05) is 5.32 Å². The molecule has 1 aliphatic heterocycles. The average Bonchev–Trinajstić information content (AvgIpc) is 2.93. The summed E-state index contributed by atoms with van der Waals surface area (Å²) in [5.74, 6) is -2.18. The van der Waals surface area contributed by atoms with E-state index in [1.54, 1.807) is 24.3 Å². The Bertz CT molecular complexity index is 668. The molecule has 0 saturated heterocycles.